The van der Waals surface area contributed by atoms with Crippen LogP contribution in [0, 0.1) is 0 Å². The standard InChI is InChI=1S/C17H9F6NO2/c18-16(19,20)10-6-11(17(21,22)23)8-12(7-10)24-13-4-2-1-3-9(13)5-14(24)15(25)26/h1-8H,(H,25,26). The second-order valence-electron chi connectivity index (χ2n) is 5.49. The SMILES string of the molecule is O=C(O)c1cc2ccccc2n1-c1cc(C(F)(F)F)cc(C(F)(F)F)c1. The summed E-state index contributed by atoms with van der Waals surface area (Å²) in [5, 5.41) is 9.69. The second-order valence-corrected chi connectivity index (χ2v) is 5.49. The summed E-state index contributed by atoms with van der Waals surface area (Å²) >= 11 is 0. The molecule has 9 heteroatoms. The minimum absolute atomic E-state index is 0.00433. The second kappa shape index (κ2) is 5.79. The van der Waals surface area contributed by atoms with Crippen LogP contribution in [-0.4, -0.2) is 15.6 Å². The molecular weight excluding hydrogens is 364 g/mol. The molecule has 0 aliphatic heterocycles. The van der Waals surface area contributed by atoms with E-state index in [-0.39, 0.29) is 11.6 Å². The molecule has 0 atom stereocenters. The van der Waals surface area contributed by atoms with E-state index in [2.05, 4.69) is 0 Å². The van der Waals surface area contributed by atoms with Gasteiger partial charge in [0.25, 0.3) is 0 Å². The summed E-state index contributed by atoms with van der Waals surface area (Å²) in [4.78, 5) is 11.5. The number of para-hydroxylation sites is 1. The number of halogens is 6. The Morgan fingerprint density at radius 2 is 1.38 bits per heavy atom. The summed E-state index contributed by atoms with van der Waals surface area (Å²) in [6.45, 7) is 0. The van der Waals surface area contributed by atoms with Crippen molar-refractivity contribution in [1.82, 2.24) is 4.57 Å². The van der Waals surface area contributed by atoms with E-state index in [0.29, 0.717) is 17.5 Å². The third kappa shape index (κ3) is 3.12. The van der Waals surface area contributed by atoms with Crippen LogP contribution < -0.4 is 0 Å². The van der Waals surface area contributed by atoms with Crippen LogP contribution in [0.2, 0.25) is 0 Å². The van der Waals surface area contributed by atoms with E-state index < -0.39 is 40.8 Å². The first-order chi connectivity index (χ1) is 12.0. The number of rotatable bonds is 2. The van der Waals surface area contributed by atoms with Gasteiger partial charge in [0, 0.05) is 11.1 Å². The first-order valence-corrected chi connectivity index (χ1v) is 7.12. The van der Waals surface area contributed by atoms with Gasteiger partial charge in [0.05, 0.1) is 16.6 Å². The molecule has 1 N–H and O–H groups in total. The molecule has 1 heterocycles. The van der Waals surface area contributed by atoms with Crippen LogP contribution in [-0.2, 0) is 12.4 Å². The Balaban J connectivity index is 2.39. The molecule has 3 aromatic rings. The van der Waals surface area contributed by atoms with Crippen molar-refractivity contribution < 1.29 is 36.2 Å². The lowest BCUT2D eigenvalue weighted by molar-refractivity contribution is -0.143. The lowest BCUT2D eigenvalue weighted by Gasteiger charge is -2.16. The van der Waals surface area contributed by atoms with E-state index >= 15 is 0 Å². The topological polar surface area (TPSA) is 42.2 Å². The Hall–Kier alpha value is -2.97. The highest BCUT2D eigenvalue weighted by Gasteiger charge is 2.37. The number of aromatic nitrogens is 1. The van der Waals surface area contributed by atoms with Crippen LogP contribution in [0.3, 0.4) is 0 Å². The maximum atomic E-state index is 13.1. The number of hydrogen-bond donors (Lipinski definition) is 1. The fourth-order valence-electron chi connectivity index (χ4n) is 2.66. The molecule has 0 spiro atoms. The number of nitrogens with zero attached hydrogens (tertiary/aromatic N) is 1. The predicted octanol–water partition coefficient (Wildman–Crippen LogP) is 5.37. The number of carbonyl (C=O) groups is 1. The van der Waals surface area contributed by atoms with Crippen LogP contribution in [0.15, 0.2) is 48.5 Å². The molecule has 0 unspecified atom stereocenters. The third-order valence-corrected chi connectivity index (χ3v) is 3.76. The Labute approximate surface area is 142 Å². The lowest BCUT2D eigenvalue weighted by atomic mass is 10.1. The maximum Gasteiger partial charge on any atom is 0.416 e. The minimum atomic E-state index is -5.03. The molecule has 136 valence electrons. The van der Waals surface area contributed by atoms with Gasteiger partial charge in [-0.05, 0) is 30.3 Å². The molecule has 0 bridgehead atoms. The summed E-state index contributed by atoms with van der Waals surface area (Å²) < 4.78 is 79.2. The van der Waals surface area contributed by atoms with Gasteiger partial charge < -0.3 is 9.67 Å². The average Bonchev–Trinajstić information content (AvgIpc) is 2.92. The normalized spacial score (nSPS) is 12.5. The van der Waals surface area contributed by atoms with E-state index in [1.54, 1.807) is 6.07 Å². The van der Waals surface area contributed by atoms with Crippen LogP contribution in [0.5, 0.6) is 0 Å². The van der Waals surface area contributed by atoms with Gasteiger partial charge >= 0.3 is 18.3 Å². The van der Waals surface area contributed by atoms with Gasteiger partial charge in [-0.25, -0.2) is 4.79 Å². The van der Waals surface area contributed by atoms with Crippen LogP contribution >= 0.6 is 0 Å². The van der Waals surface area contributed by atoms with E-state index in [1.807, 2.05) is 0 Å². The van der Waals surface area contributed by atoms with E-state index in [9.17, 15) is 36.2 Å². The van der Waals surface area contributed by atoms with Gasteiger partial charge in [-0.3, -0.25) is 0 Å². The van der Waals surface area contributed by atoms with Crippen molar-refractivity contribution in [3.8, 4) is 5.69 Å². The molecule has 2 aromatic carbocycles. The molecule has 0 fully saturated rings. The van der Waals surface area contributed by atoms with E-state index in [0.717, 1.165) is 4.57 Å². The zero-order chi connectivity index (χ0) is 19.3. The Bertz CT molecular complexity index is 968. The molecule has 1 aromatic heterocycles. The molecule has 3 nitrogen and oxygen atoms in total. The van der Waals surface area contributed by atoms with Crippen LogP contribution in [0.1, 0.15) is 21.6 Å². The number of hydrogen-bond acceptors (Lipinski definition) is 1. The Kier molecular flexibility index (Phi) is 3.97. The highest BCUT2D eigenvalue weighted by Crippen LogP contribution is 2.38. The Morgan fingerprint density at radius 1 is 0.846 bits per heavy atom. The number of alkyl halides is 6. The lowest BCUT2D eigenvalue weighted by Crippen LogP contribution is -2.14. The van der Waals surface area contributed by atoms with Gasteiger partial charge in [-0.2, -0.15) is 26.3 Å². The summed E-state index contributed by atoms with van der Waals surface area (Å²) in [6.07, 6.45) is -10.1. The van der Waals surface area contributed by atoms with Crippen molar-refractivity contribution in [3.63, 3.8) is 0 Å². The third-order valence-electron chi connectivity index (χ3n) is 3.76. The maximum absolute atomic E-state index is 13.1. The van der Waals surface area contributed by atoms with E-state index in [4.69, 9.17) is 0 Å². The molecule has 0 saturated heterocycles. The monoisotopic (exact) mass is 373 g/mol. The molecule has 0 radical (unpaired) electrons. The van der Waals surface area contributed by atoms with Crippen molar-refractivity contribution >= 4 is 16.9 Å². The quantitative estimate of drug-likeness (QED) is 0.614. The van der Waals surface area contributed by atoms with Crippen molar-refractivity contribution in [1.29, 1.82) is 0 Å². The van der Waals surface area contributed by atoms with Gasteiger partial charge in [0.15, 0.2) is 0 Å². The average molecular weight is 373 g/mol. The number of carboxylic acids is 1. The summed E-state index contributed by atoms with van der Waals surface area (Å²) in [6, 6.07) is 8.17. The van der Waals surface area contributed by atoms with Crippen molar-refractivity contribution in [2.75, 3.05) is 0 Å². The first-order valence-electron chi connectivity index (χ1n) is 7.12. The summed E-state index contributed by atoms with van der Waals surface area (Å²) in [7, 11) is 0. The van der Waals surface area contributed by atoms with Gasteiger partial charge in [-0.1, -0.05) is 18.2 Å². The number of fused-ring (bicyclic) bond motifs is 1. The summed E-state index contributed by atoms with van der Waals surface area (Å²) in [5.74, 6) is -1.48. The van der Waals surface area contributed by atoms with E-state index in [1.165, 1.54) is 24.3 Å². The zero-order valence-electron chi connectivity index (χ0n) is 12.7. The molecule has 3 rings (SSSR count). The van der Waals surface area contributed by atoms with Crippen LogP contribution in [0.4, 0.5) is 26.3 Å². The molecule has 0 aliphatic carbocycles. The first kappa shape index (κ1) is 17.8. The van der Waals surface area contributed by atoms with Gasteiger partial charge in [0.1, 0.15) is 5.69 Å². The van der Waals surface area contributed by atoms with Gasteiger partial charge in [0.2, 0.25) is 0 Å². The smallest absolute Gasteiger partial charge is 0.416 e. The number of carboxylic acid groups (broad SMARTS) is 1. The zero-order valence-corrected chi connectivity index (χ0v) is 12.7. The Morgan fingerprint density at radius 3 is 1.88 bits per heavy atom. The van der Waals surface area contributed by atoms with Crippen molar-refractivity contribution in [3.05, 3.63) is 65.4 Å². The molecule has 0 saturated carbocycles. The largest absolute Gasteiger partial charge is 0.477 e. The summed E-state index contributed by atoms with van der Waals surface area (Å²) in [5.41, 5.74) is -3.84. The molecule has 0 aliphatic rings. The molecular formula is C17H9F6NO2. The minimum Gasteiger partial charge on any atom is -0.477 e. The number of benzene rings is 2. The fraction of sp³-hybridized carbons (Fsp3) is 0.118. The number of aromatic carboxylic acids is 1. The predicted molar refractivity (Wildman–Crippen MR) is 80.2 cm³/mol. The molecule has 0 amide bonds. The van der Waals surface area contributed by atoms with Crippen molar-refractivity contribution in [2.24, 2.45) is 0 Å². The van der Waals surface area contributed by atoms with Crippen molar-refractivity contribution in [2.45, 2.75) is 12.4 Å². The highest BCUT2D eigenvalue weighted by atomic mass is 19.4. The fourth-order valence-corrected chi connectivity index (χ4v) is 2.66. The highest BCUT2D eigenvalue weighted by molar-refractivity contribution is 5.96. The van der Waals surface area contributed by atoms with Crippen LogP contribution in [0.25, 0.3) is 16.6 Å². The van der Waals surface area contributed by atoms with Gasteiger partial charge in [-0.15, -0.1) is 0 Å². The molecule has 26 heavy (non-hydrogen) atoms.